The van der Waals surface area contributed by atoms with Gasteiger partial charge in [-0.3, -0.25) is 14.6 Å². The maximum absolute atomic E-state index is 12.6. The number of para-hydroxylation sites is 1. The van der Waals surface area contributed by atoms with Crippen LogP contribution in [0.2, 0.25) is 0 Å². The molecule has 2 fully saturated rings. The molecule has 0 unspecified atom stereocenters. The summed E-state index contributed by atoms with van der Waals surface area (Å²) in [7, 11) is 0. The Hall–Kier alpha value is -2.59. The predicted octanol–water partition coefficient (Wildman–Crippen LogP) is 2.86. The van der Waals surface area contributed by atoms with E-state index >= 15 is 0 Å². The number of likely N-dealkylation sites (tertiary alicyclic amines) is 1. The van der Waals surface area contributed by atoms with Crippen LogP contribution in [-0.4, -0.2) is 83.2 Å². The molecule has 1 aromatic heterocycles. The van der Waals surface area contributed by atoms with Gasteiger partial charge in [0.15, 0.2) is 0 Å². The minimum absolute atomic E-state index is 0.0116. The number of ether oxygens (including phenoxy) is 1. The van der Waals surface area contributed by atoms with Crippen molar-refractivity contribution in [3.63, 3.8) is 0 Å². The zero-order valence-corrected chi connectivity index (χ0v) is 18.1. The van der Waals surface area contributed by atoms with Crippen molar-refractivity contribution < 1.29 is 22.8 Å². The third-order valence-electron chi connectivity index (χ3n) is 5.95. The second-order valence-electron chi connectivity index (χ2n) is 8.23. The first-order chi connectivity index (χ1) is 15.6. The summed E-state index contributed by atoms with van der Waals surface area (Å²) in [5.74, 6) is 0.878. The Labute approximate surface area is 186 Å². The Morgan fingerprint density at radius 2 is 1.69 bits per heavy atom. The van der Waals surface area contributed by atoms with Crippen molar-refractivity contribution in [2.24, 2.45) is 0 Å². The number of halogens is 2. The lowest BCUT2D eigenvalue weighted by molar-refractivity contribution is -0.132. The van der Waals surface area contributed by atoms with Crippen molar-refractivity contribution in [3.8, 4) is 17.1 Å². The molecule has 0 atom stereocenters. The van der Waals surface area contributed by atoms with E-state index in [0.717, 1.165) is 52.1 Å². The summed E-state index contributed by atoms with van der Waals surface area (Å²) in [5, 5.41) is 3.94. The quantitative estimate of drug-likeness (QED) is 0.644. The van der Waals surface area contributed by atoms with E-state index < -0.39 is 6.61 Å². The van der Waals surface area contributed by atoms with Gasteiger partial charge >= 0.3 is 6.61 Å². The predicted molar refractivity (Wildman–Crippen MR) is 113 cm³/mol. The van der Waals surface area contributed by atoms with E-state index in [1.165, 1.54) is 18.9 Å². The number of carbonyl (C=O) groups is 1. The Kier molecular flexibility index (Phi) is 7.64. The topological polar surface area (TPSA) is 74.9 Å². The maximum atomic E-state index is 12.6. The largest absolute Gasteiger partial charge is 0.434 e. The van der Waals surface area contributed by atoms with Crippen LogP contribution in [0.3, 0.4) is 0 Å². The minimum atomic E-state index is -2.93. The van der Waals surface area contributed by atoms with Gasteiger partial charge in [0.2, 0.25) is 17.6 Å². The van der Waals surface area contributed by atoms with Gasteiger partial charge < -0.3 is 14.2 Å². The van der Waals surface area contributed by atoms with Crippen LogP contribution in [0.1, 0.15) is 31.6 Å². The zero-order valence-electron chi connectivity index (χ0n) is 18.1. The normalized spacial score (nSPS) is 18.7. The molecule has 10 heteroatoms. The molecule has 2 aromatic rings. The highest BCUT2D eigenvalue weighted by molar-refractivity contribution is 5.78. The van der Waals surface area contributed by atoms with Gasteiger partial charge in [0.05, 0.1) is 18.7 Å². The molecule has 0 aliphatic carbocycles. The number of nitrogens with zero attached hydrogens (tertiary/aromatic N) is 5. The van der Waals surface area contributed by atoms with Crippen LogP contribution >= 0.6 is 0 Å². The third kappa shape index (κ3) is 6.01. The van der Waals surface area contributed by atoms with Crippen molar-refractivity contribution in [2.45, 2.75) is 38.8 Å². The van der Waals surface area contributed by atoms with E-state index in [1.54, 1.807) is 18.2 Å². The molecule has 0 saturated carbocycles. The fourth-order valence-electron chi connectivity index (χ4n) is 4.19. The van der Waals surface area contributed by atoms with Gasteiger partial charge in [-0.2, -0.15) is 13.8 Å². The van der Waals surface area contributed by atoms with Crippen LogP contribution in [0.15, 0.2) is 28.8 Å². The second-order valence-corrected chi connectivity index (χ2v) is 8.23. The fourth-order valence-corrected chi connectivity index (χ4v) is 4.19. The third-order valence-corrected chi connectivity index (χ3v) is 5.95. The molecule has 1 aromatic carbocycles. The molecule has 0 spiro atoms. The molecular formula is C22H29F2N5O3. The molecule has 3 heterocycles. The summed E-state index contributed by atoms with van der Waals surface area (Å²) in [4.78, 5) is 23.4. The highest BCUT2D eigenvalue weighted by atomic mass is 19.3. The first kappa shape index (κ1) is 22.6. The second kappa shape index (κ2) is 10.8. The summed E-state index contributed by atoms with van der Waals surface area (Å²) >= 11 is 0. The molecule has 1 amide bonds. The number of hydrogen-bond donors (Lipinski definition) is 0. The van der Waals surface area contributed by atoms with Crippen molar-refractivity contribution in [2.75, 3.05) is 45.8 Å². The Bertz CT molecular complexity index is 878. The lowest BCUT2D eigenvalue weighted by Crippen LogP contribution is -2.49. The van der Waals surface area contributed by atoms with E-state index in [9.17, 15) is 13.6 Å². The van der Waals surface area contributed by atoms with E-state index in [1.807, 2.05) is 4.90 Å². The summed E-state index contributed by atoms with van der Waals surface area (Å²) in [6.45, 7) is 2.94. The van der Waals surface area contributed by atoms with E-state index in [4.69, 9.17) is 4.52 Å². The van der Waals surface area contributed by atoms with E-state index in [0.29, 0.717) is 24.5 Å². The number of rotatable bonds is 7. The molecule has 4 rings (SSSR count). The van der Waals surface area contributed by atoms with Crippen molar-refractivity contribution in [3.05, 3.63) is 30.2 Å². The number of carbonyl (C=O) groups excluding carboxylic acids is 1. The molecule has 2 aliphatic heterocycles. The number of aromatic nitrogens is 2. The number of benzene rings is 1. The average molecular weight is 450 g/mol. The van der Waals surface area contributed by atoms with Crippen LogP contribution < -0.4 is 4.74 Å². The van der Waals surface area contributed by atoms with Gasteiger partial charge in [0, 0.05) is 39.3 Å². The fraction of sp³-hybridized carbons (Fsp3) is 0.591. The average Bonchev–Trinajstić information content (AvgIpc) is 3.06. The molecule has 2 aliphatic rings. The zero-order chi connectivity index (χ0) is 22.3. The molecule has 0 N–H and O–H groups in total. The van der Waals surface area contributed by atoms with Crippen LogP contribution in [0, 0.1) is 0 Å². The minimum Gasteiger partial charge on any atom is -0.434 e. The van der Waals surface area contributed by atoms with E-state index in [-0.39, 0.29) is 17.5 Å². The van der Waals surface area contributed by atoms with Gasteiger partial charge in [0.1, 0.15) is 5.75 Å². The molecule has 174 valence electrons. The lowest BCUT2D eigenvalue weighted by Gasteiger charge is -2.34. The van der Waals surface area contributed by atoms with Crippen molar-refractivity contribution in [1.29, 1.82) is 0 Å². The van der Waals surface area contributed by atoms with Crippen LogP contribution in [0.5, 0.6) is 5.75 Å². The molecular weight excluding hydrogens is 420 g/mol. The highest BCUT2D eigenvalue weighted by Crippen LogP contribution is 2.29. The Morgan fingerprint density at radius 3 is 2.41 bits per heavy atom. The Balaban J connectivity index is 1.27. The Morgan fingerprint density at radius 1 is 1.00 bits per heavy atom. The van der Waals surface area contributed by atoms with Crippen LogP contribution in [0.4, 0.5) is 8.78 Å². The molecule has 2 saturated heterocycles. The van der Waals surface area contributed by atoms with Crippen molar-refractivity contribution in [1.82, 2.24) is 24.8 Å². The monoisotopic (exact) mass is 449 g/mol. The molecule has 0 radical (unpaired) electrons. The van der Waals surface area contributed by atoms with Crippen LogP contribution in [-0.2, 0) is 11.3 Å². The van der Waals surface area contributed by atoms with Gasteiger partial charge in [-0.15, -0.1) is 0 Å². The number of alkyl halides is 2. The molecule has 32 heavy (non-hydrogen) atoms. The van der Waals surface area contributed by atoms with Crippen molar-refractivity contribution >= 4 is 5.91 Å². The van der Waals surface area contributed by atoms with Crippen LogP contribution in [0.25, 0.3) is 11.4 Å². The summed E-state index contributed by atoms with van der Waals surface area (Å²) in [6.07, 6.45) is 4.63. The molecule has 0 bridgehead atoms. The summed E-state index contributed by atoms with van der Waals surface area (Å²) < 4.78 is 35.2. The van der Waals surface area contributed by atoms with Gasteiger partial charge in [-0.1, -0.05) is 30.1 Å². The summed E-state index contributed by atoms with van der Waals surface area (Å²) in [5.41, 5.74) is 0.361. The number of amides is 1. The standard InChI is InChI=1S/C22H29F2N5O3/c23-22(24)31-18-8-4-3-7-17(18)21-25-19(32-26-21)15-27-11-13-28(14-12-27)16-20(30)29-9-5-1-2-6-10-29/h3-4,7-8,22H,1-2,5-6,9-16H2. The van der Waals surface area contributed by atoms with Gasteiger partial charge in [0.25, 0.3) is 0 Å². The molecule has 8 nitrogen and oxygen atoms in total. The van der Waals surface area contributed by atoms with Gasteiger partial charge in [-0.05, 0) is 25.0 Å². The first-order valence-corrected chi connectivity index (χ1v) is 11.2. The first-order valence-electron chi connectivity index (χ1n) is 11.2. The maximum Gasteiger partial charge on any atom is 0.387 e. The van der Waals surface area contributed by atoms with Gasteiger partial charge in [-0.25, -0.2) is 0 Å². The smallest absolute Gasteiger partial charge is 0.387 e. The SMILES string of the molecule is O=C(CN1CCN(Cc2nc(-c3ccccc3OC(F)F)no2)CC1)N1CCCCCC1. The number of hydrogen-bond acceptors (Lipinski definition) is 7. The summed E-state index contributed by atoms with van der Waals surface area (Å²) in [6, 6.07) is 6.38. The lowest BCUT2D eigenvalue weighted by atomic mass is 10.2. The van der Waals surface area contributed by atoms with E-state index in [2.05, 4.69) is 24.7 Å². The number of piperazine rings is 1. The highest BCUT2D eigenvalue weighted by Gasteiger charge is 2.24.